The second kappa shape index (κ2) is 11.6. The number of anilines is 1. The van der Waals surface area contributed by atoms with Crippen LogP contribution in [0.1, 0.15) is 75.6 Å². The quantitative estimate of drug-likeness (QED) is 0.296. The molecule has 4 heterocycles. The predicted octanol–water partition coefficient (Wildman–Crippen LogP) is 6.93. The van der Waals surface area contributed by atoms with E-state index in [2.05, 4.69) is 52.6 Å². The van der Waals surface area contributed by atoms with Crippen LogP contribution in [-0.2, 0) is 22.8 Å². The number of allylic oxidation sites excluding steroid dienone is 2. The Hall–Kier alpha value is -4.18. The zero-order chi connectivity index (χ0) is 32.3. The Kier molecular flexibility index (Phi) is 7.66. The zero-order valence-electron chi connectivity index (χ0n) is 26.5. The number of likely N-dealkylation sites (tertiary alicyclic amines) is 1. The van der Waals surface area contributed by atoms with Gasteiger partial charge in [0.15, 0.2) is 5.78 Å². The van der Waals surface area contributed by atoms with Crippen LogP contribution in [0.4, 0.5) is 10.2 Å². The SMILES string of the molecule is CN1CC[C@H](c2ccc(NC3=CC4c5cccc(CC6C=Cc7cc(C(C)(C)C#N)cc(F)c7C6=O)c5CP4N(C)C3=O)nc2)C1. The van der Waals surface area contributed by atoms with Crippen molar-refractivity contribution in [2.75, 3.05) is 32.5 Å². The number of likely N-dealkylation sites (N-methyl/N-ethyl adjacent to an activating group) is 2. The highest BCUT2D eigenvalue weighted by Crippen LogP contribution is 2.65. The number of ketones is 1. The van der Waals surface area contributed by atoms with Crippen LogP contribution in [-0.4, -0.2) is 53.4 Å². The first-order valence-electron chi connectivity index (χ1n) is 15.8. The number of aromatic nitrogens is 1. The molecule has 4 atom stereocenters. The lowest BCUT2D eigenvalue weighted by Gasteiger charge is -2.34. The maximum atomic E-state index is 15.3. The third-order valence-corrected chi connectivity index (χ3v) is 12.7. The summed E-state index contributed by atoms with van der Waals surface area (Å²) in [7, 11) is 3.19. The van der Waals surface area contributed by atoms with Crippen molar-refractivity contribution in [3.8, 4) is 6.07 Å². The number of nitrogens with one attached hydrogen (secondary N) is 1. The highest BCUT2D eigenvalue weighted by molar-refractivity contribution is 7.56. The number of hydrogen-bond acceptors (Lipinski definition) is 6. The van der Waals surface area contributed by atoms with Gasteiger partial charge in [-0.2, -0.15) is 5.26 Å². The van der Waals surface area contributed by atoms with E-state index in [1.807, 2.05) is 42.2 Å². The summed E-state index contributed by atoms with van der Waals surface area (Å²) in [6.07, 6.45) is 9.99. The number of nitriles is 1. The van der Waals surface area contributed by atoms with Gasteiger partial charge in [0.25, 0.3) is 5.91 Å². The number of nitrogens with zero attached hydrogens (tertiary/aromatic N) is 4. The van der Waals surface area contributed by atoms with Gasteiger partial charge in [-0.3, -0.25) is 9.59 Å². The molecular weight excluding hydrogens is 596 g/mol. The minimum Gasteiger partial charge on any atom is -0.336 e. The van der Waals surface area contributed by atoms with Gasteiger partial charge in [-0.25, -0.2) is 9.37 Å². The predicted molar refractivity (Wildman–Crippen MR) is 179 cm³/mol. The molecule has 234 valence electrons. The van der Waals surface area contributed by atoms with E-state index >= 15 is 4.39 Å². The molecule has 1 N–H and O–H groups in total. The molecule has 1 amide bonds. The minimum atomic E-state index is -0.862. The Morgan fingerprint density at radius 2 is 2.00 bits per heavy atom. The van der Waals surface area contributed by atoms with Crippen molar-refractivity contribution in [2.45, 2.75) is 49.8 Å². The van der Waals surface area contributed by atoms with Crippen molar-refractivity contribution in [3.05, 3.63) is 111 Å². The molecule has 1 fully saturated rings. The summed E-state index contributed by atoms with van der Waals surface area (Å²) < 4.78 is 17.2. The van der Waals surface area contributed by atoms with Gasteiger partial charge >= 0.3 is 0 Å². The fourth-order valence-electron chi connectivity index (χ4n) is 7.22. The number of fused-ring (bicyclic) bond motifs is 4. The van der Waals surface area contributed by atoms with Crippen LogP contribution < -0.4 is 5.32 Å². The van der Waals surface area contributed by atoms with Gasteiger partial charge in [0.2, 0.25) is 0 Å². The van der Waals surface area contributed by atoms with Crippen molar-refractivity contribution >= 4 is 31.7 Å². The van der Waals surface area contributed by atoms with Crippen molar-refractivity contribution in [1.82, 2.24) is 14.6 Å². The highest BCUT2D eigenvalue weighted by atomic mass is 31.1. The van der Waals surface area contributed by atoms with Gasteiger partial charge in [0.1, 0.15) is 17.3 Å². The Bertz CT molecular complexity index is 1860. The first kappa shape index (κ1) is 30.5. The minimum absolute atomic E-state index is 0.0450. The van der Waals surface area contributed by atoms with E-state index in [0.29, 0.717) is 35.0 Å². The first-order chi connectivity index (χ1) is 22.0. The summed E-state index contributed by atoms with van der Waals surface area (Å²) in [6, 6.07) is 15.6. The normalized spacial score (nSPS) is 23.9. The molecule has 4 aliphatic rings. The van der Waals surface area contributed by atoms with Crippen LogP contribution in [0.2, 0.25) is 0 Å². The molecule has 0 saturated carbocycles. The van der Waals surface area contributed by atoms with Gasteiger partial charge in [-0.1, -0.05) is 36.4 Å². The maximum absolute atomic E-state index is 15.3. The smallest absolute Gasteiger partial charge is 0.273 e. The molecule has 7 rings (SSSR count). The van der Waals surface area contributed by atoms with Gasteiger partial charge in [-0.15, -0.1) is 0 Å². The lowest BCUT2D eigenvalue weighted by Crippen LogP contribution is -2.31. The van der Waals surface area contributed by atoms with Crippen molar-refractivity contribution in [2.24, 2.45) is 5.92 Å². The maximum Gasteiger partial charge on any atom is 0.273 e. The van der Waals surface area contributed by atoms with E-state index in [4.69, 9.17) is 0 Å². The van der Waals surface area contributed by atoms with Crippen LogP contribution in [0, 0.1) is 23.1 Å². The van der Waals surface area contributed by atoms with Crippen LogP contribution >= 0.6 is 8.07 Å². The molecule has 3 aliphatic heterocycles. The zero-order valence-corrected chi connectivity index (χ0v) is 27.4. The molecular formula is C37H37FN5O2P. The molecule has 1 aromatic heterocycles. The Morgan fingerprint density at radius 1 is 1.17 bits per heavy atom. The molecule has 0 bridgehead atoms. The molecule has 3 unspecified atom stereocenters. The molecule has 9 heteroatoms. The molecule has 3 aromatic rings. The first-order valence-corrected chi connectivity index (χ1v) is 17.3. The van der Waals surface area contributed by atoms with E-state index in [-0.39, 0.29) is 22.9 Å². The molecule has 1 saturated heterocycles. The number of halogens is 1. The third-order valence-electron chi connectivity index (χ3n) is 10.1. The van der Waals surface area contributed by atoms with E-state index < -0.39 is 25.2 Å². The van der Waals surface area contributed by atoms with Crippen molar-refractivity contribution in [3.63, 3.8) is 0 Å². The number of hydrogen-bond donors (Lipinski definition) is 1. The number of carbonyl (C=O) groups is 2. The van der Waals surface area contributed by atoms with Gasteiger partial charge in [0.05, 0.1) is 17.0 Å². The van der Waals surface area contributed by atoms with Crippen LogP contribution in [0.15, 0.2) is 66.5 Å². The largest absolute Gasteiger partial charge is 0.336 e. The molecule has 7 nitrogen and oxygen atoms in total. The van der Waals surface area contributed by atoms with E-state index in [1.165, 1.54) is 22.8 Å². The van der Waals surface area contributed by atoms with E-state index in [1.54, 1.807) is 19.9 Å². The summed E-state index contributed by atoms with van der Waals surface area (Å²) >= 11 is 0. The fraction of sp³-hybridized carbons (Fsp3) is 0.351. The highest BCUT2D eigenvalue weighted by Gasteiger charge is 2.42. The average Bonchev–Trinajstić information content (AvgIpc) is 3.65. The van der Waals surface area contributed by atoms with Gasteiger partial charge in [-0.05, 0) is 104 Å². The topological polar surface area (TPSA) is 89.3 Å². The Balaban J connectivity index is 1.12. The number of carbonyl (C=O) groups excluding carboxylic acids is 2. The number of rotatable bonds is 6. The van der Waals surface area contributed by atoms with E-state index in [0.717, 1.165) is 31.2 Å². The van der Waals surface area contributed by atoms with Gasteiger partial charge < -0.3 is 14.9 Å². The monoisotopic (exact) mass is 633 g/mol. The second-order valence-electron chi connectivity index (χ2n) is 13.5. The lowest BCUT2D eigenvalue weighted by molar-refractivity contribution is -0.121. The van der Waals surface area contributed by atoms with Crippen LogP contribution in [0.3, 0.4) is 0 Å². The molecule has 0 spiro atoms. The van der Waals surface area contributed by atoms with E-state index in [9.17, 15) is 14.9 Å². The molecule has 0 radical (unpaired) electrons. The second-order valence-corrected chi connectivity index (χ2v) is 15.8. The third kappa shape index (κ3) is 5.26. The summed E-state index contributed by atoms with van der Waals surface area (Å²) in [5.74, 6) is -0.222. The van der Waals surface area contributed by atoms with Crippen molar-refractivity contribution < 1.29 is 14.0 Å². The fourth-order valence-corrected chi connectivity index (χ4v) is 9.94. The number of pyridine rings is 1. The number of amides is 1. The lowest BCUT2D eigenvalue weighted by atomic mass is 9.79. The van der Waals surface area contributed by atoms with Crippen LogP contribution in [0.5, 0.6) is 0 Å². The molecule has 1 aliphatic carbocycles. The summed E-state index contributed by atoms with van der Waals surface area (Å²) in [5, 5.41) is 12.8. The Morgan fingerprint density at radius 3 is 2.72 bits per heavy atom. The molecule has 46 heavy (non-hydrogen) atoms. The van der Waals surface area contributed by atoms with Gasteiger partial charge in [0, 0.05) is 45.6 Å². The molecule has 2 aromatic carbocycles. The van der Waals surface area contributed by atoms with Crippen molar-refractivity contribution in [1.29, 1.82) is 5.26 Å². The summed E-state index contributed by atoms with van der Waals surface area (Å²) in [4.78, 5) is 34.1. The standard InChI is InChI=1S/C37H37FN5O2P/c1-37(2,21-39)27-15-23-8-9-24(35(44)34(23)30(38)16-27)14-22-6-5-7-28-29(22)20-46-32(28)17-31(36(45)43(46)4)41-33-11-10-25(18-40-33)26-12-13-42(3)19-26/h5-11,15-18,24,26,32H,12-14,19-20H2,1-4H3,(H,40,41)/t24?,26-,32?,46?/m0/s1. The number of Topliss-reactive ketones (excluding diaryl/α,β-unsaturated/α-hetero) is 1. The number of benzene rings is 2. The van der Waals surface area contributed by atoms with Crippen LogP contribution in [0.25, 0.3) is 6.08 Å². The Labute approximate surface area is 270 Å². The summed E-state index contributed by atoms with van der Waals surface area (Å²) in [5.41, 5.74) is 5.55. The summed E-state index contributed by atoms with van der Waals surface area (Å²) in [6.45, 7) is 5.61. The average molecular weight is 634 g/mol.